The third kappa shape index (κ3) is 4.10. The Balaban J connectivity index is 2.03. The second-order valence-electron chi connectivity index (χ2n) is 7.08. The minimum atomic E-state index is -4.02. The number of likely N-dealkylation sites (tertiary alicyclic amines) is 1. The third-order valence-electron chi connectivity index (χ3n) is 5.43. The minimum absolute atomic E-state index is 0.102. The molecule has 2 aliphatic heterocycles. The van der Waals surface area contributed by atoms with Gasteiger partial charge in [-0.1, -0.05) is 6.92 Å². The zero-order valence-corrected chi connectivity index (χ0v) is 18.0. The first-order valence-electron chi connectivity index (χ1n) is 9.66. The fourth-order valence-electron chi connectivity index (χ4n) is 3.72. The van der Waals surface area contributed by atoms with Crippen LogP contribution in [0.25, 0.3) is 0 Å². The van der Waals surface area contributed by atoms with Crippen LogP contribution in [0.5, 0.6) is 11.5 Å². The van der Waals surface area contributed by atoms with Crippen molar-refractivity contribution in [2.45, 2.75) is 38.6 Å². The molecule has 0 spiro atoms. The van der Waals surface area contributed by atoms with E-state index in [1.807, 2.05) is 6.92 Å². The molecule has 1 amide bonds. The average Bonchev–Trinajstić information content (AvgIpc) is 2.74. The lowest BCUT2D eigenvalue weighted by molar-refractivity contribution is -0.131. The summed E-state index contributed by atoms with van der Waals surface area (Å²) in [5, 5.41) is 0. The topological polar surface area (TPSA) is 88.5 Å². The summed E-state index contributed by atoms with van der Waals surface area (Å²) in [5.41, 5.74) is 0.818. The van der Waals surface area contributed by atoms with Crippen molar-refractivity contribution in [1.29, 1.82) is 0 Å². The molecule has 0 bridgehead atoms. The Kier molecular flexibility index (Phi) is 6.16. The van der Waals surface area contributed by atoms with E-state index in [0.717, 1.165) is 30.0 Å². The summed E-state index contributed by atoms with van der Waals surface area (Å²) < 4.78 is 40.7. The van der Waals surface area contributed by atoms with Gasteiger partial charge < -0.3 is 14.4 Å². The Morgan fingerprint density at radius 2 is 1.93 bits per heavy atom. The number of allylic oxidation sites excluding steroid dienone is 1. The number of nitrogens with zero attached hydrogens (tertiary/aromatic N) is 3. The van der Waals surface area contributed by atoms with Crippen molar-refractivity contribution in [2.24, 2.45) is 4.40 Å². The molecule has 1 atom stereocenters. The molecule has 0 aromatic heterocycles. The van der Waals surface area contributed by atoms with Crippen molar-refractivity contribution in [2.75, 3.05) is 27.8 Å². The van der Waals surface area contributed by atoms with Gasteiger partial charge in [-0.15, -0.1) is 4.40 Å². The molecule has 0 saturated carbocycles. The number of ether oxygens (including phenoxy) is 2. The Bertz CT molecular complexity index is 955. The predicted octanol–water partition coefficient (Wildman–Crippen LogP) is 2.36. The first kappa shape index (κ1) is 21.2. The molecule has 2 aliphatic rings. The molecule has 8 nitrogen and oxygen atoms in total. The molecule has 1 aromatic rings. The van der Waals surface area contributed by atoms with E-state index in [9.17, 15) is 13.2 Å². The van der Waals surface area contributed by atoms with E-state index in [1.54, 1.807) is 23.1 Å². The van der Waals surface area contributed by atoms with E-state index in [-0.39, 0.29) is 23.4 Å². The number of likely N-dealkylation sites (N-methyl/N-ethyl adjacent to an activating group) is 1. The van der Waals surface area contributed by atoms with E-state index in [2.05, 4.69) is 4.40 Å². The SMILES string of the molecule is CC[C@@H]1CCCCN1C(=O)C1=CC(c2ccc(OC)c(OC)c2)=NS(=O)(=O)N1C. The smallest absolute Gasteiger partial charge is 0.345 e. The van der Waals surface area contributed by atoms with Crippen LogP contribution in [-0.4, -0.2) is 63.1 Å². The van der Waals surface area contributed by atoms with Crippen molar-refractivity contribution >= 4 is 21.8 Å². The van der Waals surface area contributed by atoms with Gasteiger partial charge in [0.15, 0.2) is 11.5 Å². The highest BCUT2D eigenvalue weighted by molar-refractivity contribution is 7.88. The number of carbonyl (C=O) groups is 1. The van der Waals surface area contributed by atoms with E-state index in [4.69, 9.17) is 9.47 Å². The van der Waals surface area contributed by atoms with Gasteiger partial charge in [0.25, 0.3) is 5.91 Å². The number of carbonyl (C=O) groups excluding carboxylic acids is 1. The van der Waals surface area contributed by atoms with Crippen LogP contribution in [-0.2, 0) is 15.0 Å². The molecule has 0 aliphatic carbocycles. The fraction of sp³-hybridized carbons (Fsp3) is 0.500. The Labute approximate surface area is 172 Å². The minimum Gasteiger partial charge on any atom is -0.493 e. The zero-order valence-electron chi connectivity index (χ0n) is 17.2. The fourth-order valence-corrected chi connectivity index (χ4v) is 4.63. The van der Waals surface area contributed by atoms with E-state index in [1.165, 1.54) is 27.3 Å². The van der Waals surface area contributed by atoms with Crippen LogP contribution in [0.2, 0.25) is 0 Å². The quantitative estimate of drug-likeness (QED) is 0.728. The van der Waals surface area contributed by atoms with Crippen LogP contribution in [0.15, 0.2) is 34.4 Å². The lowest BCUT2D eigenvalue weighted by Crippen LogP contribution is -2.47. The highest BCUT2D eigenvalue weighted by atomic mass is 32.2. The molecule has 0 N–H and O–H groups in total. The lowest BCUT2D eigenvalue weighted by Gasteiger charge is -2.37. The van der Waals surface area contributed by atoms with Gasteiger partial charge in [-0.2, -0.15) is 8.42 Å². The van der Waals surface area contributed by atoms with Gasteiger partial charge in [-0.3, -0.25) is 4.79 Å². The highest BCUT2D eigenvalue weighted by Gasteiger charge is 2.35. The Morgan fingerprint density at radius 1 is 1.21 bits per heavy atom. The second kappa shape index (κ2) is 8.44. The van der Waals surface area contributed by atoms with Crippen LogP contribution in [0.1, 0.15) is 38.2 Å². The summed E-state index contributed by atoms with van der Waals surface area (Å²) in [6, 6.07) is 5.13. The second-order valence-corrected chi connectivity index (χ2v) is 8.70. The molecular weight excluding hydrogens is 394 g/mol. The molecular formula is C20H27N3O5S. The van der Waals surface area contributed by atoms with E-state index >= 15 is 0 Å². The van der Waals surface area contributed by atoms with Crippen molar-refractivity contribution in [3.63, 3.8) is 0 Å². The largest absolute Gasteiger partial charge is 0.493 e. The number of rotatable bonds is 5. The summed E-state index contributed by atoms with van der Waals surface area (Å²) in [6.45, 7) is 2.67. The third-order valence-corrected chi connectivity index (χ3v) is 6.75. The van der Waals surface area contributed by atoms with Gasteiger partial charge >= 0.3 is 10.2 Å². The van der Waals surface area contributed by atoms with Crippen molar-refractivity contribution in [1.82, 2.24) is 9.21 Å². The van der Waals surface area contributed by atoms with Crippen LogP contribution < -0.4 is 9.47 Å². The normalized spacial score (nSPS) is 21.3. The molecule has 1 saturated heterocycles. The number of hydrogen-bond acceptors (Lipinski definition) is 5. The van der Waals surface area contributed by atoms with E-state index in [0.29, 0.717) is 23.6 Å². The Hall–Kier alpha value is -2.55. The molecule has 158 valence electrons. The predicted molar refractivity (Wildman–Crippen MR) is 110 cm³/mol. The summed E-state index contributed by atoms with van der Waals surface area (Å²) in [6.07, 6.45) is 5.30. The van der Waals surface area contributed by atoms with Crippen LogP contribution in [0.4, 0.5) is 0 Å². The average molecular weight is 422 g/mol. The number of methoxy groups -OCH3 is 2. The first-order valence-corrected chi connectivity index (χ1v) is 11.1. The summed E-state index contributed by atoms with van der Waals surface area (Å²) in [7, 11) is 0.366. The number of benzene rings is 1. The summed E-state index contributed by atoms with van der Waals surface area (Å²) in [4.78, 5) is 15.1. The molecule has 0 radical (unpaired) electrons. The lowest BCUT2D eigenvalue weighted by atomic mass is 9.99. The van der Waals surface area contributed by atoms with Gasteiger partial charge in [-0.25, -0.2) is 4.31 Å². The molecule has 1 fully saturated rings. The van der Waals surface area contributed by atoms with Crippen molar-refractivity contribution in [3.8, 4) is 11.5 Å². The summed E-state index contributed by atoms with van der Waals surface area (Å²) >= 11 is 0. The number of piperidine rings is 1. The van der Waals surface area contributed by atoms with E-state index < -0.39 is 10.2 Å². The van der Waals surface area contributed by atoms with Crippen LogP contribution >= 0.6 is 0 Å². The molecule has 3 rings (SSSR count). The highest BCUT2D eigenvalue weighted by Crippen LogP contribution is 2.30. The van der Waals surface area contributed by atoms with Gasteiger partial charge in [0.1, 0.15) is 5.70 Å². The van der Waals surface area contributed by atoms with Crippen molar-refractivity contribution in [3.05, 3.63) is 35.5 Å². The maximum atomic E-state index is 13.3. The van der Waals surface area contributed by atoms with Crippen LogP contribution in [0.3, 0.4) is 0 Å². The van der Waals surface area contributed by atoms with Gasteiger partial charge in [0.05, 0.1) is 19.9 Å². The van der Waals surface area contributed by atoms with Gasteiger partial charge in [0.2, 0.25) is 0 Å². The summed E-state index contributed by atoms with van der Waals surface area (Å²) in [5.74, 6) is 0.690. The number of hydrogen-bond donors (Lipinski definition) is 0. The van der Waals surface area contributed by atoms with Gasteiger partial charge in [0, 0.05) is 25.2 Å². The zero-order chi connectivity index (χ0) is 21.2. The molecule has 0 unspecified atom stereocenters. The number of amides is 1. The first-order chi connectivity index (χ1) is 13.8. The Morgan fingerprint density at radius 3 is 2.59 bits per heavy atom. The molecule has 9 heteroatoms. The van der Waals surface area contributed by atoms with Crippen molar-refractivity contribution < 1.29 is 22.7 Å². The van der Waals surface area contributed by atoms with Gasteiger partial charge in [-0.05, 0) is 50.0 Å². The molecule has 1 aromatic carbocycles. The van der Waals surface area contributed by atoms with Crippen LogP contribution in [0, 0.1) is 0 Å². The monoisotopic (exact) mass is 421 g/mol. The standard InChI is InChI=1S/C20H27N3O5S/c1-5-15-8-6-7-11-23(15)20(24)17-13-16(21-29(25,26)22(17)2)14-9-10-18(27-3)19(12-14)28-4/h9-10,12-13,15H,5-8,11H2,1-4H3/t15-/m1/s1. The molecule has 2 heterocycles. The molecule has 29 heavy (non-hydrogen) atoms. The maximum absolute atomic E-state index is 13.3. The maximum Gasteiger partial charge on any atom is 0.345 e.